The summed E-state index contributed by atoms with van der Waals surface area (Å²) in [5.41, 5.74) is 1.19. The zero-order valence-corrected chi connectivity index (χ0v) is 12.2. The van der Waals surface area contributed by atoms with Crippen molar-refractivity contribution in [2.75, 3.05) is 19.0 Å². The van der Waals surface area contributed by atoms with E-state index < -0.39 is 0 Å². The third-order valence-electron chi connectivity index (χ3n) is 3.91. The van der Waals surface area contributed by atoms with Gasteiger partial charge in [0.2, 0.25) is 0 Å². The van der Waals surface area contributed by atoms with Crippen molar-refractivity contribution in [3.8, 4) is 0 Å². The summed E-state index contributed by atoms with van der Waals surface area (Å²) in [6, 6.07) is 2.65. The Bertz CT molecular complexity index is 364. The second-order valence-electron chi connectivity index (χ2n) is 5.44. The van der Waals surface area contributed by atoms with Crippen molar-refractivity contribution in [3.63, 3.8) is 0 Å². The van der Waals surface area contributed by atoms with E-state index in [1.807, 2.05) is 0 Å². The van der Waals surface area contributed by atoms with Crippen LogP contribution in [0.3, 0.4) is 0 Å². The van der Waals surface area contributed by atoms with Crippen molar-refractivity contribution >= 4 is 11.6 Å². The first-order chi connectivity index (χ1) is 8.72. The molecule has 18 heavy (non-hydrogen) atoms. The maximum atomic E-state index is 5.97. The lowest BCUT2D eigenvalue weighted by Gasteiger charge is -2.31. The number of piperidine rings is 1. The van der Waals surface area contributed by atoms with E-state index in [4.69, 9.17) is 11.6 Å². The lowest BCUT2D eigenvalue weighted by molar-refractivity contribution is 0.175. The standard InChI is InChI=1S/C14H24ClN3/c1-3-12(2)18-8-6-14(16-18)11-17-7-4-5-13(9-15)10-17/h6,8,12-13H,3-5,7,9-11H2,1-2H3. The van der Waals surface area contributed by atoms with Crippen LogP contribution in [0.5, 0.6) is 0 Å². The van der Waals surface area contributed by atoms with Gasteiger partial charge in [0, 0.05) is 31.2 Å². The molecule has 0 spiro atoms. The van der Waals surface area contributed by atoms with E-state index in [1.54, 1.807) is 0 Å². The van der Waals surface area contributed by atoms with Crippen LogP contribution in [0.15, 0.2) is 12.3 Å². The van der Waals surface area contributed by atoms with E-state index in [9.17, 15) is 0 Å². The van der Waals surface area contributed by atoms with Gasteiger partial charge in [0.15, 0.2) is 0 Å². The van der Waals surface area contributed by atoms with Gasteiger partial charge in [-0.3, -0.25) is 9.58 Å². The second-order valence-corrected chi connectivity index (χ2v) is 5.75. The molecule has 1 aromatic heterocycles. The highest BCUT2D eigenvalue weighted by Crippen LogP contribution is 2.19. The van der Waals surface area contributed by atoms with Crippen molar-refractivity contribution in [1.29, 1.82) is 0 Å². The summed E-state index contributed by atoms with van der Waals surface area (Å²) in [6.45, 7) is 7.68. The van der Waals surface area contributed by atoms with E-state index in [0.717, 1.165) is 25.4 Å². The minimum atomic E-state index is 0.496. The lowest BCUT2D eigenvalue weighted by atomic mass is 10.00. The lowest BCUT2D eigenvalue weighted by Crippen LogP contribution is -2.35. The molecular formula is C14H24ClN3. The fourth-order valence-electron chi connectivity index (χ4n) is 2.54. The molecule has 1 saturated heterocycles. The molecule has 2 atom stereocenters. The van der Waals surface area contributed by atoms with Crippen molar-refractivity contribution in [2.24, 2.45) is 5.92 Å². The number of likely N-dealkylation sites (tertiary alicyclic amines) is 1. The first kappa shape index (κ1) is 13.9. The Morgan fingerprint density at radius 2 is 2.39 bits per heavy atom. The molecule has 1 fully saturated rings. The monoisotopic (exact) mass is 269 g/mol. The van der Waals surface area contributed by atoms with Crippen LogP contribution in [-0.2, 0) is 6.54 Å². The van der Waals surface area contributed by atoms with Crippen molar-refractivity contribution in [2.45, 2.75) is 45.7 Å². The van der Waals surface area contributed by atoms with Crippen LogP contribution in [0.1, 0.15) is 44.8 Å². The van der Waals surface area contributed by atoms with Gasteiger partial charge in [-0.15, -0.1) is 11.6 Å². The third kappa shape index (κ3) is 3.48. The topological polar surface area (TPSA) is 21.1 Å². The number of aromatic nitrogens is 2. The van der Waals surface area contributed by atoms with Crippen molar-refractivity contribution in [3.05, 3.63) is 18.0 Å². The zero-order chi connectivity index (χ0) is 13.0. The van der Waals surface area contributed by atoms with Gasteiger partial charge in [0.05, 0.1) is 5.69 Å². The van der Waals surface area contributed by atoms with Crippen LogP contribution >= 0.6 is 11.6 Å². The zero-order valence-electron chi connectivity index (χ0n) is 11.5. The van der Waals surface area contributed by atoms with Gasteiger partial charge >= 0.3 is 0 Å². The Balaban J connectivity index is 1.90. The van der Waals surface area contributed by atoms with Crippen LogP contribution in [0, 0.1) is 5.92 Å². The minimum absolute atomic E-state index is 0.496. The fourth-order valence-corrected chi connectivity index (χ4v) is 2.80. The molecule has 0 bridgehead atoms. The summed E-state index contributed by atoms with van der Waals surface area (Å²) in [4.78, 5) is 2.49. The first-order valence-electron chi connectivity index (χ1n) is 7.05. The Morgan fingerprint density at radius 1 is 1.56 bits per heavy atom. The van der Waals surface area contributed by atoms with Crippen molar-refractivity contribution in [1.82, 2.24) is 14.7 Å². The first-order valence-corrected chi connectivity index (χ1v) is 7.58. The molecule has 1 aromatic rings. The van der Waals surface area contributed by atoms with E-state index in [0.29, 0.717) is 12.0 Å². The highest BCUT2D eigenvalue weighted by molar-refractivity contribution is 6.18. The van der Waals surface area contributed by atoms with Gasteiger partial charge < -0.3 is 0 Å². The number of hydrogen-bond donors (Lipinski definition) is 0. The maximum absolute atomic E-state index is 5.97. The Morgan fingerprint density at radius 3 is 3.11 bits per heavy atom. The summed E-state index contributed by atoms with van der Waals surface area (Å²) in [7, 11) is 0. The van der Waals surface area contributed by atoms with Gasteiger partial charge in [0.1, 0.15) is 0 Å². The molecule has 2 heterocycles. The molecule has 0 radical (unpaired) electrons. The Labute approximate surface area is 115 Å². The molecular weight excluding hydrogens is 246 g/mol. The molecule has 1 aliphatic rings. The molecule has 1 aliphatic heterocycles. The molecule has 2 rings (SSSR count). The summed E-state index contributed by atoms with van der Waals surface area (Å²) >= 11 is 5.97. The largest absolute Gasteiger partial charge is 0.297 e. The van der Waals surface area contributed by atoms with Gasteiger partial charge in [-0.2, -0.15) is 5.10 Å². The minimum Gasteiger partial charge on any atom is -0.297 e. The normalized spacial score (nSPS) is 23.2. The molecule has 0 saturated carbocycles. The molecule has 0 aliphatic carbocycles. The van der Waals surface area contributed by atoms with Gasteiger partial charge in [-0.05, 0) is 44.7 Å². The number of nitrogens with zero attached hydrogens (tertiary/aromatic N) is 3. The number of hydrogen-bond acceptors (Lipinski definition) is 2. The molecule has 0 N–H and O–H groups in total. The Kier molecular flexibility index (Phi) is 5.07. The van der Waals surface area contributed by atoms with Gasteiger partial charge in [-0.25, -0.2) is 0 Å². The van der Waals surface area contributed by atoms with Crippen molar-refractivity contribution < 1.29 is 0 Å². The molecule has 2 unspecified atom stereocenters. The molecule has 3 nitrogen and oxygen atoms in total. The second kappa shape index (κ2) is 6.58. The highest BCUT2D eigenvalue weighted by atomic mass is 35.5. The summed E-state index contributed by atoms with van der Waals surface area (Å²) in [5.74, 6) is 1.45. The predicted molar refractivity (Wildman–Crippen MR) is 76.0 cm³/mol. The van der Waals surface area contributed by atoms with E-state index in [1.165, 1.54) is 25.1 Å². The van der Waals surface area contributed by atoms with Crippen LogP contribution in [-0.4, -0.2) is 33.6 Å². The average Bonchev–Trinajstić information content (AvgIpc) is 2.86. The quantitative estimate of drug-likeness (QED) is 0.765. The highest BCUT2D eigenvalue weighted by Gasteiger charge is 2.19. The Hall–Kier alpha value is -0.540. The molecule has 0 amide bonds. The summed E-state index contributed by atoms with van der Waals surface area (Å²) < 4.78 is 2.08. The maximum Gasteiger partial charge on any atom is 0.0764 e. The molecule has 4 heteroatoms. The van der Waals surface area contributed by atoms with E-state index in [-0.39, 0.29) is 0 Å². The average molecular weight is 270 g/mol. The smallest absolute Gasteiger partial charge is 0.0764 e. The third-order valence-corrected chi connectivity index (χ3v) is 4.35. The van der Waals surface area contributed by atoms with E-state index in [2.05, 4.69) is 40.8 Å². The van der Waals surface area contributed by atoms with Gasteiger partial charge in [-0.1, -0.05) is 6.92 Å². The van der Waals surface area contributed by atoms with E-state index >= 15 is 0 Å². The number of rotatable bonds is 5. The number of alkyl halides is 1. The SMILES string of the molecule is CCC(C)n1ccc(CN2CCCC(CCl)C2)n1. The predicted octanol–water partition coefficient (Wildman–Crippen LogP) is 3.30. The summed E-state index contributed by atoms with van der Waals surface area (Å²) in [5, 5.41) is 4.67. The molecule has 0 aromatic carbocycles. The van der Waals surface area contributed by atoms with Crippen LogP contribution < -0.4 is 0 Å². The van der Waals surface area contributed by atoms with Crippen LogP contribution in [0.4, 0.5) is 0 Å². The van der Waals surface area contributed by atoms with Crippen LogP contribution in [0.25, 0.3) is 0 Å². The summed E-state index contributed by atoms with van der Waals surface area (Å²) in [6.07, 6.45) is 5.77. The molecule has 102 valence electrons. The number of halogens is 1. The fraction of sp³-hybridized carbons (Fsp3) is 0.786. The van der Waals surface area contributed by atoms with Crippen LogP contribution in [0.2, 0.25) is 0 Å². The van der Waals surface area contributed by atoms with Gasteiger partial charge in [0.25, 0.3) is 0 Å².